The van der Waals surface area contributed by atoms with Crippen molar-refractivity contribution in [3.8, 4) is 0 Å². The predicted molar refractivity (Wildman–Crippen MR) is 42.6 cm³/mol. The van der Waals surface area contributed by atoms with Gasteiger partial charge in [-0.2, -0.15) is 0 Å². The van der Waals surface area contributed by atoms with E-state index in [1.165, 1.54) is 11.1 Å². The molecule has 2 heteroatoms. The monoisotopic (exact) mass is 139 g/mol. The van der Waals surface area contributed by atoms with E-state index in [-0.39, 0.29) is 0 Å². The summed E-state index contributed by atoms with van der Waals surface area (Å²) in [4.78, 5) is 4.12. The average molecular weight is 139 g/mol. The van der Waals surface area contributed by atoms with E-state index in [4.69, 9.17) is 4.74 Å². The summed E-state index contributed by atoms with van der Waals surface area (Å²) in [6, 6.07) is 0. The maximum atomic E-state index is 5.25. The fourth-order valence-corrected chi connectivity index (χ4v) is 0.893. The first-order valence-electron chi connectivity index (χ1n) is 3.60. The van der Waals surface area contributed by atoms with E-state index in [2.05, 4.69) is 11.9 Å². The quantitative estimate of drug-likeness (QED) is 0.579. The van der Waals surface area contributed by atoms with Crippen LogP contribution in [-0.2, 0) is 4.74 Å². The molecule has 2 nitrogen and oxygen atoms in total. The van der Waals surface area contributed by atoms with Gasteiger partial charge in [0, 0.05) is 12.8 Å². The Bertz CT molecular complexity index is 170. The van der Waals surface area contributed by atoms with E-state index in [1.807, 2.05) is 13.1 Å². The van der Waals surface area contributed by atoms with Gasteiger partial charge < -0.3 is 4.74 Å². The van der Waals surface area contributed by atoms with Crippen LogP contribution in [0.3, 0.4) is 0 Å². The number of rotatable bonds is 3. The third-order valence-electron chi connectivity index (χ3n) is 1.61. The average Bonchev–Trinajstić information content (AvgIpc) is 2.31. The number of hydrogen-bond acceptors (Lipinski definition) is 2. The van der Waals surface area contributed by atoms with Gasteiger partial charge >= 0.3 is 0 Å². The van der Waals surface area contributed by atoms with Crippen molar-refractivity contribution in [1.29, 1.82) is 0 Å². The predicted octanol–water partition coefficient (Wildman–Crippen LogP) is 1.42. The standard InChI is InChI=1S/C8H13NO/c1-3-10-6-8-5-9-4-7(8)2/h4H,3,5-6H2,1-2H3. The van der Waals surface area contributed by atoms with E-state index in [9.17, 15) is 0 Å². The second-order valence-electron chi connectivity index (χ2n) is 2.39. The Hall–Kier alpha value is -0.630. The minimum Gasteiger partial charge on any atom is -0.377 e. The van der Waals surface area contributed by atoms with Gasteiger partial charge in [-0.1, -0.05) is 0 Å². The van der Waals surface area contributed by atoms with Gasteiger partial charge in [0.15, 0.2) is 0 Å². The number of allylic oxidation sites excluding steroid dienone is 1. The van der Waals surface area contributed by atoms with Crippen molar-refractivity contribution in [3.05, 3.63) is 11.1 Å². The number of ether oxygens (including phenoxy) is 1. The molecule has 0 saturated heterocycles. The van der Waals surface area contributed by atoms with Crippen molar-refractivity contribution < 1.29 is 4.74 Å². The van der Waals surface area contributed by atoms with Crippen LogP contribution in [0.5, 0.6) is 0 Å². The van der Waals surface area contributed by atoms with Crippen molar-refractivity contribution >= 4 is 6.21 Å². The lowest BCUT2D eigenvalue weighted by atomic mass is 10.2. The van der Waals surface area contributed by atoms with Crippen LogP contribution in [0.1, 0.15) is 13.8 Å². The first-order chi connectivity index (χ1) is 4.84. The van der Waals surface area contributed by atoms with Crippen LogP contribution in [0.15, 0.2) is 16.1 Å². The third-order valence-corrected chi connectivity index (χ3v) is 1.61. The van der Waals surface area contributed by atoms with Crippen LogP contribution >= 0.6 is 0 Å². The molecule has 0 aliphatic carbocycles. The highest BCUT2D eigenvalue weighted by atomic mass is 16.5. The summed E-state index contributed by atoms with van der Waals surface area (Å²) < 4.78 is 5.25. The fraction of sp³-hybridized carbons (Fsp3) is 0.625. The first kappa shape index (κ1) is 7.48. The molecule has 0 amide bonds. The summed E-state index contributed by atoms with van der Waals surface area (Å²) in [6.45, 7) is 6.46. The molecule has 0 unspecified atom stereocenters. The van der Waals surface area contributed by atoms with Crippen LogP contribution in [0.2, 0.25) is 0 Å². The molecule has 0 aromatic heterocycles. The van der Waals surface area contributed by atoms with E-state index in [0.29, 0.717) is 0 Å². The molecule has 0 bridgehead atoms. The molecule has 0 fully saturated rings. The summed E-state index contributed by atoms with van der Waals surface area (Å²) in [5.41, 5.74) is 2.59. The number of aliphatic imine (C=N–C) groups is 1. The van der Waals surface area contributed by atoms with E-state index in [0.717, 1.165) is 19.8 Å². The second kappa shape index (κ2) is 3.52. The molecular weight excluding hydrogens is 126 g/mol. The summed E-state index contributed by atoms with van der Waals surface area (Å²) in [5, 5.41) is 0. The summed E-state index contributed by atoms with van der Waals surface area (Å²) in [7, 11) is 0. The Kier molecular flexibility index (Phi) is 2.63. The van der Waals surface area contributed by atoms with Crippen LogP contribution in [0.4, 0.5) is 0 Å². The molecule has 0 spiro atoms. The lowest BCUT2D eigenvalue weighted by Crippen LogP contribution is -1.99. The Morgan fingerprint density at radius 3 is 3.00 bits per heavy atom. The van der Waals surface area contributed by atoms with Gasteiger partial charge in [-0.05, 0) is 25.0 Å². The van der Waals surface area contributed by atoms with Gasteiger partial charge in [0.25, 0.3) is 0 Å². The smallest absolute Gasteiger partial charge is 0.0700 e. The Balaban J connectivity index is 2.35. The molecular formula is C8H13NO. The first-order valence-corrected chi connectivity index (χ1v) is 3.60. The van der Waals surface area contributed by atoms with Crippen LogP contribution in [0, 0.1) is 0 Å². The Morgan fingerprint density at radius 2 is 2.50 bits per heavy atom. The van der Waals surface area contributed by atoms with E-state index >= 15 is 0 Å². The highest BCUT2D eigenvalue weighted by Crippen LogP contribution is 2.08. The zero-order valence-electron chi connectivity index (χ0n) is 6.55. The normalized spacial score (nSPS) is 17.0. The van der Waals surface area contributed by atoms with Gasteiger partial charge in [0.2, 0.25) is 0 Å². The van der Waals surface area contributed by atoms with Gasteiger partial charge in [-0.15, -0.1) is 0 Å². The molecule has 0 atom stereocenters. The maximum Gasteiger partial charge on any atom is 0.0700 e. The summed E-state index contributed by atoms with van der Waals surface area (Å²) >= 11 is 0. The number of nitrogens with zero attached hydrogens (tertiary/aromatic N) is 1. The maximum absolute atomic E-state index is 5.25. The van der Waals surface area contributed by atoms with Crippen LogP contribution in [0.25, 0.3) is 0 Å². The molecule has 1 rings (SSSR count). The van der Waals surface area contributed by atoms with Crippen LogP contribution < -0.4 is 0 Å². The van der Waals surface area contributed by atoms with Crippen LogP contribution in [-0.4, -0.2) is 26.0 Å². The topological polar surface area (TPSA) is 21.6 Å². The van der Waals surface area contributed by atoms with Crippen molar-refractivity contribution in [1.82, 2.24) is 0 Å². The SMILES string of the molecule is CCOCC1=C(C)C=NC1. The summed E-state index contributed by atoms with van der Waals surface area (Å²) in [5.74, 6) is 0. The fourth-order valence-electron chi connectivity index (χ4n) is 0.893. The highest BCUT2D eigenvalue weighted by molar-refractivity contribution is 5.81. The molecule has 0 N–H and O–H groups in total. The third kappa shape index (κ3) is 1.67. The highest BCUT2D eigenvalue weighted by Gasteiger charge is 2.04. The van der Waals surface area contributed by atoms with Gasteiger partial charge in [0.1, 0.15) is 0 Å². The van der Waals surface area contributed by atoms with Crippen molar-refractivity contribution in [2.45, 2.75) is 13.8 Å². The molecule has 1 aliphatic rings. The minimum absolute atomic E-state index is 0.752. The Morgan fingerprint density at radius 1 is 1.70 bits per heavy atom. The van der Waals surface area contributed by atoms with Crippen molar-refractivity contribution in [3.63, 3.8) is 0 Å². The van der Waals surface area contributed by atoms with Crippen molar-refractivity contribution in [2.24, 2.45) is 4.99 Å². The summed E-state index contributed by atoms with van der Waals surface area (Å²) in [6.07, 6.45) is 1.91. The molecule has 0 aromatic rings. The minimum atomic E-state index is 0.752. The largest absolute Gasteiger partial charge is 0.377 e. The second-order valence-corrected chi connectivity index (χ2v) is 2.39. The molecule has 56 valence electrons. The van der Waals surface area contributed by atoms with Gasteiger partial charge in [0.05, 0.1) is 13.2 Å². The van der Waals surface area contributed by atoms with E-state index in [1.54, 1.807) is 0 Å². The molecule has 0 saturated carbocycles. The molecule has 0 aromatic carbocycles. The van der Waals surface area contributed by atoms with E-state index < -0.39 is 0 Å². The molecule has 1 aliphatic heterocycles. The molecule has 1 heterocycles. The zero-order chi connectivity index (χ0) is 7.40. The lowest BCUT2D eigenvalue weighted by molar-refractivity contribution is 0.170. The van der Waals surface area contributed by atoms with Gasteiger partial charge in [-0.3, -0.25) is 4.99 Å². The van der Waals surface area contributed by atoms with Crippen molar-refractivity contribution in [2.75, 3.05) is 19.8 Å². The lowest BCUT2D eigenvalue weighted by Gasteiger charge is -2.01. The Labute approximate surface area is 61.6 Å². The molecule has 0 radical (unpaired) electrons. The zero-order valence-corrected chi connectivity index (χ0v) is 6.55. The number of hydrogen-bond donors (Lipinski definition) is 0. The molecule has 10 heavy (non-hydrogen) atoms. The van der Waals surface area contributed by atoms with Gasteiger partial charge in [-0.25, -0.2) is 0 Å².